The van der Waals surface area contributed by atoms with Crippen molar-refractivity contribution in [2.24, 2.45) is 17.8 Å². The molecule has 10 nitrogen and oxygen atoms in total. The van der Waals surface area contributed by atoms with Crippen LogP contribution < -0.4 is 10.2 Å². The topological polar surface area (TPSA) is 123 Å². The molecule has 0 bridgehead atoms. The lowest BCUT2D eigenvalue weighted by molar-refractivity contribution is -0.129. The van der Waals surface area contributed by atoms with Crippen LogP contribution in [0.3, 0.4) is 0 Å². The number of nitrogens with zero attached hydrogens (tertiary/aromatic N) is 4. The van der Waals surface area contributed by atoms with E-state index in [-0.39, 0.29) is 41.5 Å². The Morgan fingerprint density at radius 3 is 2.42 bits per heavy atom. The third-order valence-electron chi connectivity index (χ3n) is 11.0. The van der Waals surface area contributed by atoms with E-state index in [2.05, 4.69) is 27.8 Å². The monoisotopic (exact) mass is 677 g/mol. The molecule has 0 aromatic heterocycles. The van der Waals surface area contributed by atoms with Crippen molar-refractivity contribution >= 4 is 27.5 Å². The Hall–Kier alpha value is -3.95. The van der Waals surface area contributed by atoms with Crippen LogP contribution in [0.25, 0.3) is 0 Å². The second-order valence-corrected chi connectivity index (χ2v) is 15.9. The van der Waals surface area contributed by atoms with Crippen LogP contribution in [0, 0.1) is 34.9 Å². The lowest BCUT2D eigenvalue weighted by Gasteiger charge is -2.48. The number of hydrogen-bond donors (Lipinski definition) is 1. The summed E-state index contributed by atoms with van der Waals surface area (Å²) in [6.45, 7) is 8.18. The third kappa shape index (κ3) is 6.42. The van der Waals surface area contributed by atoms with E-state index in [9.17, 15) is 27.7 Å². The SMILES string of the molecule is C=CC(=O)N1CC(S(=O)(=O)c2ccc(N3CC(CN4CCC([C@@](C#N)(c5cccc(F)c5)[C@H]5CCC[C@@H]5OC(=O)NC)CC4)C3)cc2)C1. The molecule has 2 aromatic rings. The quantitative estimate of drug-likeness (QED) is 0.373. The van der Waals surface area contributed by atoms with Gasteiger partial charge in [-0.05, 0) is 99.1 Å². The fraction of sp³-hybridized carbons (Fsp3) is 0.528. The molecule has 256 valence electrons. The van der Waals surface area contributed by atoms with Crippen LogP contribution in [0.1, 0.15) is 37.7 Å². The molecule has 12 heteroatoms. The molecular formula is C36H44FN5O5S. The molecule has 1 saturated carbocycles. The summed E-state index contributed by atoms with van der Waals surface area (Å²) in [4.78, 5) is 30.4. The molecule has 3 heterocycles. The summed E-state index contributed by atoms with van der Waals surface area (Å²) in [5.41, 5.74) is 0.698. The van der Waals surface area contributed by atoms with Gasteiger partial charge in [0.15, 0.2) is 9.84 Å². The highest BCUT2D eigenvalue weighted by Crippen LogP contribution is 2.51. The summed E-state index contributed by atoms with van der Waals surface area (Å²) in [6, 6.07) is 16.1. The number of piperidine rings is 1. The largest absolute Gasteiger partial charge is 0.446 e. The lowest BCUT2D eigenvalue weighted by atomic mass is 9.59. The molecule has 4 aliphatic rings. The highest BCUT2D eigenvalue weighted by molar-refractivity contribution is 7.92. The minimum absolute atomic E-state index is 0.00222. The number of nitriles is 1. The number of amides is 2. The predicted molar refractivity (Wildman–Crippen MR) is 179 cm³/mol. The Bertz CT molecular complexity index is 1660. The molecule has 2 amide bonds. The maximum atomic E-state index is 14.6. The first-order chi connectivity index (χ1) is 23.1. The van der Waals surface area contributed by atoms with Gasteiger partial charge in [0.1, 0.15) is 17.2 Å². The number of benzene rings is 2. The number of anilines is 1. The van der Waals surface area contributed by atoms with Gasteiger partial charge in [-0.1, -0.05) is 18.7 Å². The number of carbonyl (C=O) groups is 2. The van der Waals surface area contributed by atoms with Crippen LogP contribution in [0.5, 0.6) is 0 Å². The number of rotatable bonds is 10. The first kappa shape index (κ1) is 33.9. The van der Waals surface area contributed by atoms with Gasteiger partial charge in [0.25, 0.3) is 0 Å². The zero-order chi connectivity index (χ0) is 34.1. The van der Waals surface area contributed by atoms with Crippen molar-refractivity contribution < 1.29 is 27.1 Å². The Labute approximate surface area is 282 Å². The van der Waals surface area contributed by atoms with Crippen molar-refractivity contribution in [3.05, 3.63) is 72.6 Å². The average molecular weight is 678 g/mol. The van der Waals surface area contributed by atoms with Gasteiger partial charge in [0.2, 0.25) is 5.91 Å². The van der Waals surface area contributed by atoms with Gasteiger partial charge in [-0.3, -0.25) is 4.79 Å². The van der Waals surface area contributed by atoms with E-state index >= 15 is 0 Å². The maximum Gasteiger partial charge on any atom is 0.407 e. The molecule has 6 rings (SSSR count). The van der Waals surface area contributed by atoms with Gasteiger partial charge < -0.3 is 24.8 Å². The minimum Gasteiger partial charge on any atom is -0.446 e. The highest BCUT2D eigenvalue weighted by Gasteiger charge is 2.53. The number of ether oxygens (including phenoxy) is 1. The van der Waals surface area contributed by atoms with Crippen molar-refractivity contribution in [3.8, 4) is 6.07 Å². The van der Waals surface area contributed by atoms with Crippen molar-refractivity contribution in [2.45, 2.75) is 53.8 Å². The number of alkyl carbamates (subject to hydrolysis) is 1. The molecule has 2 aromatic carbocycles. The fourth-order valence-electron chi connectivity index (χ4n) is 8.34. The van der Waals surface area contributed by atoms with Crippen molar-refractivity contribution in [2.75, 3.05) is 57.8 Å². The van der Waals surface area contributed by atoms with E-state index in [1.54, 1.807) is 18.2 Å². The Morgan fingerprint density at radius 1 is 1.08 bits per heavy atom. The highest BCUT2D eigenvalue weighted by atomic mass is 32.2. The maximum absolute atomic E-state index is 14.6. The van der Waals surface area contributed by atoms with Gasteiger partial charge in [-0.2, -0.15) is 5.26 Å². The van der Waals surface area contributed by atoms with Gasteiger partial charge in [0.05, 0.1) is 16.4 Å². The van der Waals surface area contributed by atoms with E-state index in [0.29, 0.717) is 17.9 Å². The molecule has 3 saturated heterocycles. The van der Waals surface area contributed by atoms with E-state index in [0.717, 1.165) is 64.1 Å². The van der Waals surface area contributed by atoms with Crippen molar-refractivity contribution in [1.29, 1.82) is 5.26 Å². The lowest BCUT2D eigenvalue weighted by Crippen LogP contribution is -2.56. The van der Waals surface area contributed by atoms with Crippen molar-refractivity contribution in [3.63, 3.8) is 0 Å². The predicted octanol–water partition coefficient (Wildman–Crippen LogP) is 4.13. The molecule has 0 radical (unpaired) electrons. The molecule has 48 heavy (non-hydrogen) atoms. The molecule has 3 atom stereocenters. The van der Waals surface area contributed by atoms with Crippen molar-refractivity contribution in [1.82, 2.24) is 15.1 Å². The first-order valence-corrected chi connectivity index (χ1v) is 18.4. The number of sulfone groups is 1. The van der Waals surface area contributed by atoms with Crippen LogP contribution in [0.15, 0.2) is 66.1 Å². The number of carbonyl (C=O) groups excluding carboxylic acids is 2. The summed E-state index contributed by atoms with van der Waals surface area (Å²) in [7, 11) is -1.98. The summed E-state index contributed by atoms with van der Waals surface area (Å²) in [5, 5.41) is 12.8. The second kappa shape index (κ2) is 13.9. The molecular weight excluding hydrogens is 633 g/mol. The summed E-state index contributed by atoms with van der Waals surface area (Å²) in [5.74, 6) is -0.372. The van der Waals surface area contributed by atoms with E-state index in [4.69, 9.17) is 4.74 Å². The number of nitrogens with one attached hydrogen (secondary N) is 1. The number of halogens is 1. The molecule has 0 unspecified atom stereocenters. The number of likely N-dealkylation sites (tertiary alicyclic amines) is 2. The average Bonchev–Trinajstić information content (AvgIpc) is 3.51. The molecule has 0 spiro atoms. The minimum atomic E-state index is -3.51. The van der Waals surface area contributed by atoms with Crippen LogP contribution in [0.2, 0.25) is 0 Å². The smallest absolute Gasteiger partial charge is 0.407 e. The molecule has 4 fully saturated rings. The van der Waals surface area contributed by atoms with E-state index < -0.39 is 32.7 Å². The summed E-state index contributed by atoms with van der Waals surface area (Å²) < 4.78 is 46.4. The molecule has 3 aliphatic heterocycles. The first-order valence-electron chi connectivity index (χ1n) is 16.9. The molecule has 1 aliphatic carbocycles. The zero-order valence-electron chi connectivity index (χ0n) is 27.4. The fourth-order valence-corrected chi connectivity index (χ4v) is 9.99. The van der Waals surface area contributed by atoms with E-state index in [1.165, 1.54) is 30.2 Å². The number of hydrogen-bond acceptors (Lipinski definition) is 8. The van der Waals surface area contributed by atoms with Gasteiger partial charge in [0, 0.05) is 57.3 Å². The normalized spacial score (nSPS) is 23.8. The van der Waals surface area contributed by atoms with Gasteiger partial charge in [-0.15, -0.1) is 0 Å². The summed E-state index contributed by atoms with van der Waals surface area (Å²) in [6.07, 6.45) is 4.15. The van der Waals surface area contributed by atoms with Gasteiger partial charge in [-0.25, -0.2) is 17.6 Å². The molecule has 1 N–H and O–H groups in total. The van der Waals surface area contributed by atoms with Gasteiger partial charge >= 0.3 is 6.09 Å². The van der Waals surface area contributed by atoms with Crippen LogP contribution in [-0.4, -0.2) is 94.4 Å². The van der Waals surface area contributed by atoms with Crippen LogP contribution in [-0.2, 0) is 24.8 Å². The zero-order valence-corrected chi connectivity index (χ0v) is 28.2. The van der Waals surface area contributed by atoms with E-state index in [1.807, 2.05) is 18.2 Å². The second-order valence-electron chi connectivity index (χ2n) is 13.7. The summed E-state index contributed by atoms with van der Waals surface area (Å²) >= 11 is 0. The standard InChI is InChI=1S/C36H44FN5O5S/c1-3-34(43)42-22-31(23-42)48(45,46)30-12-10-29(11-13-30)41-20-25(21-41)19-40-16-14-26(15-17-40)36(24-38,27-6-4-7-28(37)18-27)32-8-5-9-33(32)47-35(44)39-2/h3-4,6-7,10-13,18,25-26,31-33H,1,5,8-9,14-17,19-23H2,2H3,(H,39,44)/t32-,33-,36-/m0/s1. The Balaban J connectivity index is 1.05. The Morgan fingerprint density at radius 2 is 1.79 bits per heavy atom. The third-order valence-corrected chi connectivity index (χ3v) is 13.1. The Kier molecular flexibility index (Phi) is 9.81. The van der Waals surface area contributed by atoms with Crippen LogP contribution >= 0.6 is 0 Å². The van der Waals surface area contributed by atoms with Crippen LogP contribution in [0.4, 0.5) is 14.9 Å².